The van der Waals surface area contributed by atoms with E-state index in [0.717, 1.165) is 24.3 Å². The molecule has 0 aliphatic carbocycles. The SMILES string of the molecule is COc1ccc(OCCNCCC(=O)N2CCC3(CC2)OCCO3)cc1. The van der Waals surface area contributed by atoms with E-state index in [9.17, 15) is 4.79 Å². The van der Waals surface area contributed by atoms with E-state index in [1.165, 1.54) is 0 Å². The average molecular weight is 364 g/mol. The lowest BCUT2D eigenvalue weighted by Gasteiger charge is -2.37. The number of nitrogens with zero attached hydrogens (tertiary/aromatic N) is 1. The van der Waals surface area contributed by atoms with Crippen molar-refractivity contribution in [3.05, 3.63) is 24.3 Å². The van der Waals surface area contributed by atoms with Crippen molar-refractivity contribution in [1.29, 1.82) is 0 Å². The molecule has 26 heavy (non-hydrogen) atoms. The lowest BCUT2D eigenvalue weighted by atomic mass is 10.0. The number of hydrogen-bond acceptors (Lipinski definition) is 6. The number of methoxy groups -OCH3 is 1. The second-order valence-electron chi connectivity index (χ2n) is 6.51. The minimum absolute atomic E-state index is 0.182. The van der Waals surface area contributed by atoms with E-state index in [0.29, 0.717) is 52.4 Å². The number of hydrogen-bond donors (Lipinski definition) is 1. The highest BCUT2D eigenvalue weighted by molar-refractivity contribution is 5.76. The molecule has 1 spiro atoms. The Kier molecular flexibility index (Phi) is 6.71. The van der Waals surface area contributed by atoms with Crippen molar-refractivity contribution in [3.63, 3.8) is 0 Å². The van der Waals surface area contributed by atoms with E-state index in [-0.39, 0.29) is 5.91 Å². The van der Waals surface area contributed by atoms with Gasteiger partial charge in [-0.2, -0.15) is 0 Å². The number of rotatable bonds is 8. The van der Waals surface area contributed by atoms with Gasteiger partial charge in [-0.05, 0) is 24.3 Å². The van der Waals surface area contributed by atoms with Gasteiger partial charge in [-0.3, -0.25) is 4.79 Å². The van der Waals surface area contributed by atoms with Crippen molar-refractivity contribution in [2.24, 2.45) is 0 Å². The van der Waals surface area contributed by atoms with Crippen molar-refractivity contribution in [3.8, 4) is 11.5 Å². The third kappa shape index (κ3) is 5.09. The molecule has 0 unspecified atom stereocenters. The molecular formula is C19H28N2O5. The van der Waals surface area contributed by atoms with Crippen LogP contribution in [-0.2, 0) is 14.3 Å². The maximum atomic E-state index is 12.3. The minimum Gasteiger partial charge on any atom is -0.497 e. The smallest absolute Gasteiger partial charge is 0.223 e. The minimum atomic E-state index is -0.423. The summed E-state index contributed by atoms with van der Waals surface area (Å²) in [6.45, 7) is 4.65. The van der Waals surface area contributed by atoms with E-state index in [4.69, 9.17) is 18.9 Å². The first kappa shape index (κ1) is 18.9. The van der Waals surface area contributed by atoms with Gasteiger partial charge in [0.2, 0.25) is 5.91 Å². The highest BCUT2D eigenvalue weighted by atomic mass is 16.7. The third-order valence-electron chi connectivity index (χ3n) is 4.81. The largest absolute Gasteiger partial charge is 0.497 e. The van der Waals surface area contributed by atoms with Crippen molar-refractivity contribution >= 4 is 5.91 Å². The molecular weight excluding hydrogens is 336 g/mol. The van der Waals surface area contributed by atoms with E-state index in [1.54, 1.807) is 7.11 Å². The topological polar surface area (TPSA) is 69.3 Å². The number of nitrogens with one attached hydrogen (secondary N) is 1. The van der Waals surface area contributed by atoms with Gasteiger partial charge in [0.15, 0.2) is 5.79 Å². The molecule has 0 radical (unpaired) electrons. The van der Waals surface area contributed by atoms with Gasteiger partial charge >= 0.3 is 0 Å². The van der Waals surface area contributed by atoms with Gasteiger partial charge in [0, 0.05) is 45.4 Å². The Labute approximate surface area is 154 Å². The van der Waals surface area contributed by atoms with Gasteiger partial charge in [0.1, 0.15) is 18.1 Å². The number of amides is 1. The van der Waals surface area contributed by atoms with Crippen molar-refractivity contribution in [2.75, 3.05) is 53.1 Å². The summed E-state index contributed by atoms with van der Waals surface area (Å²) in [6, 6.07) is 7.49. The van der Waals surface area contributed by atoms with Crippen molar-refractivity contribution in [1.82, 2.24) is 10.2 Å². The molecule has 3 rings (SSSR count). The number of carbonyl (C=O) groups excluding carboxylic acids is 1. The molecule has 2 saturated heterocycles. The number of piperidine rings is 1. The standard InChI is InChI=1S/C19H28N2O5/c1-23-16-2-4-17(5-3-16)24-13-10-20-9-6-18(22)21-11-7-19(8-12-21)25-14-15-26-19/h2-5,20H,6-15H2,1H3. The van der Waals surface area contributed by atoms with Crippen LogP contribution in [0.4, 0.5) is 0 Å². The Balaban J connectivity index is 1.25. The van der Waals surface area contributed by atoms with Crippen LogP contribution in [0, 0.1) is 0 Å². The summed E-state index contributed by atoms with van der Waals surface area (Å²) < 4.78 is 22.1. The number of carbonyl (C=O) groups is 1. The summed E-state index contributed by atoms with van der Waals surface area (Å²) in [5, 5.41) is 3.25. The van der Waals surface area contributed by atoms with E-state index < -0.39 is 5.79 Å². The van der Waals surface area contributed by atoms with Gasteiger partial charge in [0.05, 0.1) is 20.3 Å². The quantitative estimate of drug-likeness (QED) is 0.704. The first-order valence-corrected chi connectivity index (χ1v) is 9.24. The number of ether oxygens (including phenoxy) is 4. The van der Waals surface area contributed by atoms with Crippen LogP contribution in [0.15, 0.2) is 24.3 Å². The van der Waals surface area contributed by atoms with Crippen LogP contribution < -0.4 is 14.8 Å². The molecule has 144 valence electrons. The molecule has 0 atom stereocenters. The predicted molar refractivity (Wildman–Crippen MR) is 96.4 cm³/mol. The second-order valence-corrected chi connectivity index (χ2v) is 6.51. The predicted octanol–water partition coefficient (Wildman–Crippen LogP) is 1.42. The Bertz CT molecular complexity index is 562. The molecule has 1 aromatic carbocycles. The molecule has 0 saturated carbocycles. The molecule has 0 aromatic heterocycles. The first-order valence-electron chi connectivity index (χ1n) is 9.24. The van der Waals surface area contributed by atoms with Crippen molar-refractivity contribution in [2.45, 2.75) is 25.0 Å². The lowest BCUT2D eigenvalue weighted by Crippen LogP contribution is -2.47. The number of benzene rings is 1. The van der Waals surface area contributed by atoms with Gasteiger partial charge in [-0.15, -0.1) is 0 Å². The Morgan fingerprint density at radius 2 is 1.77 bits per heavy atom. The molecule has 1 aromatic rings. The Morgan fingerprint density at radius 1 is 1.12 bits per heavy atom. The normalized spacial score (nSPS) is 18.9. The summed E-state index contributed by atoms with van der Waals surface area (Å²) in [5.41, 5.74) is 0. The zero-order valence-electron chi connectivity index (χ0n) is 15.4. The van der Waals surface area contributed by atoms with Gasteiger partial charge in [-0.25, -0.2) is 0 Å². The Hall–Kier alpha value is -1.83. The maximum absolute atomic E-state index is 12.3. The molecule has 2 aliphatic rings. The molecule has 0 bridgehead atoms. The van der Waals surface area contributed by atoms with Crippen molar-refractivity contribution < 1.29 is 23.7 Å². The third-order valence-corrected chi connectivity index (χ3v) is 4.81. The zero-order valence-corrected chi connectivity index (χ0v) is 15.4. The highest BCUT2D eigenvalue weighted by Gasteiger charge is 2.40. The maximum Gasteiger partial charge on any atom is 0.223 e. The summed E-state index contributed by atoms with van der Waals surface area (Å²) in [5.74, 6) is 1.38. The molecule has 7 heteroatoms. The van der Waals surface area contributed by atoms with E-state index in [1.807, 2.05) is 29.2 Å². The van der Waals surface area contributed by atoms with Crippen LogP contribution in [0.2, 0.25) is 0 Å². The van der Waals surface area contributed by atoms with Crippen LogP contribution in [0.25, 0.3) is 0 Å². The summed E-state index contributed by atoms with van der Waals surface area (Å²) in [6.07, 6.45) is 2.03. The van der Waals surface area contributed by atoms with Gasteiger partial charge in [-0.1, -0.05) is 0 Å². The molecule has 2 fully saturated rings. The lowest BCUT2D eigenvalue weighted by molar-refractivity contribution is -0.187. The molecule has 2 aliphatic heterocycles. The van der Waals surface area contributed by atoms with E-state index >= 15 is 0 Å². The average Bonchev–Trinajstić information content (AvgIpc) is 3.13. The monoisotopic (exact) mass is 364 g/mol. The summed E-state index contributed by atoms with van der Waals surface area (Å²) in [4.78, 5) is 14.2. The van der Waals surface area contributed by atoms with E-state index in [2.05, 4.69) is 5.32 Å². The summed E-state index contributed by atoms with van der Waals surface area (Å²) >= 11 is 0. The second kappa shape index (κ2) is 9.21. The number of likely N-dealkylation sites (tertiary alicyclic amines) is 1. The van der Waals surface area contributed by atoms with Gasteiger partial charge in [0.25, 0.3) is 0 Å². The van der Waals surface area contributed by atoms with Crippen LogP contribution in [0.1, 0.15) is 19.3 Å². The van der Waals surface area contributed by atoms with Crippen LogP contribution >= 0.6 is 0 Å². The fourth-order valence-electron chi connectivity index (χ4n) is 3.27. The van der Waals surface area contributed by atoms with Gasteiger partial charge < -0.3 is 29.2 Å². The molecule has 1 amide bonds. The van der Waals surface area contributed by atoms with Crippen LogP contribution in [-0.4, -0.2) is 69.7 Å². The molecule has 1 N–H and O–H groups in total. The first-order chi connectivity index (χ1) is 12.7. The molecule has 2 heterocycles. The van der Waals surface area contributed by atoms with Crippen LogP contribution in [0.5, 0.6) is 11.5 Å². The Morgan fingerprint density at radius 3 is 2.42 bits per heavy atom. The highest BCUT2D eigenvalue weighted by Crippen LogP contribution is 2.31. The van der Waals surface area contributed by atoms with Crippen LogP contribution in [0.3, 0.4) is 0 Å². The molecule has 7 nitrogen and oxygen atoms in total. The summed E-state index contributed by atoms with van der Waals surface area (Å²) in [7, 11) is 1.64. The fraction of sp³-hybridized carbons (Fsp3) is 0.632. The zero-order chi connectivity index (χ0) is 18.2. The fourth-order valence-corrected chi connectivity index (χ4v) is 3.27.